The van der Waals surface area contributed by atoms with Crippen molar-refractivity contribution in [3.8, 4) is 0 Å². The first kappa shape index (κ1) is 11.3. The van der Waals surface area contributed by atoms with E-state index >= 15 is 0 Å². The van der Waals surface area contributed by atoms with Crippen molar-refractivity contribution in [1.29, 1.82) is 0 Å². The third kappa shape index (κ3) is 2.50. The Kier molecular flexibility index (Phi) is 3.73. The zero-order valence-corrected chi connectivity index (χ0v) is 9.78. The van der Waals surface area contributed by atoms with Gasteiger partial charge in [0.15, 0.2) is 0 Å². The maximum atomic E-state index is 10.6. The molecule has 1 N–H and O–H groups in total. The SMILES string of the molecule is CC(c1ccc(C=O)cc1)C1CCCNC1. The second-order valence-corrected chi connectivity index (χ2v) is 4.68. The largest absolute Gasteiger partial charge is 0.316 e. The summed E-state index contributed by atoms with van der Waals surface area (Å²) < 4.78 is 0. The quantitative estimate of drug-likeness (QED) is 0.788. The monoisotopic (exact) mass is 217 g/mol. The topological polar surface area (TPSA) is 29.1 Å². The Labute approximate surface area is 97.1 Å². The van der Waals surface area contributed by atoms with Crippen molar-refractivity contribution in [3.05, 3.63) is 35.4 Å². The van der Waals surface area contributed by atoms with Crippen molar-refractivity contribution in [3.63, 3.8) is 0 Å². The molecule has 2 atom stereocenters. The molecule has 1 aromatic rings. The molecule has 0 bridgehead atoms. The van der Waals surface area contributed by atoms with Gasteiger partial charge in [0.2, 0.25) is 0 Å². The van der Waals surface area contributed by atoms with Crippen molar-refractivity contribution < 1.29 is 4.79 Å². The maximum Gasteiger partial charge on any atom is 0.150 e. The number of aldehydes is 1. The average Bonchev–Trinajstić information content (AvgIpc) is 2.39. The number of rotatable bonds is 3. The molecular weight excluding hydrogens is 198 g/mol. The lowest BCUT2D eigenvalue weighted by Crippen LogP contribution is -2.32. The normalized spacial score (nSPS) is 22.7. The van der Waals surface area contributed by atoms with Crippen LogP contribution in [-0.4, -0.2) is 19.4 Å². The number of benzene rings is 1. The van der Waals surface area contributed by atoms with E-state index in [2.05, 4.69) is 24.4 Å². The number of carbonyl (C=O) groups is 1. The summed E-state index contributed by atoms with van der Waals surface area (Å²) in [4.78, 5) is 10.6. The van der Waals surface area contributed by atoms with Crippen LogP contribution in [0.3, 0.4) is 0 Å². The Bertz CT molecular complexity index is 338. The average molecular weight is 217 g/mol. The molecule has 0 spiro atoms. The minimum absolute atomic E-state index is 0.577. The molecule has 1 saturated heterocycles. The van der Waals surface area contributed by atoms with Gasteiger partial charge in [-0.05, 0) is 43.3 Å². The van der Waals surface area contributed by atoms with Crippen LogP contribution in [0.5, 0.6) is 0 Å². The highest BCUT2D eigenvalue weighted by atomic mass is 16.1. The molecule has 0 aromatic heterocycles. The lowest BCUT2D eigenvalue weighted by atomic mass is 9.83. The fourth-order valence-corrected chi connectivity index (χ4v) is 2.46. The first-order valence-electron chi connectivity index (χ1n) is 6.07. The van der Waals surface area contributed by atoms with Gasteiger partial charge in [-0.1, -0.05) is 31.2 Å². The van der Waals surface area contributed by atoms with Gasteiger partial charge in [-0.3, -0.25) is 4.79 Å². The molecule has 0 saturated carbocycles. The lowest BCUT2D eigenvalue weighted by molar-refractivity contribution is 0.112. The molecule has 2 rings (SSSR count). The zero-order valence-electron chi connectivity index (χ0n) is 9.78. The third-order valence-electron chi connectivity index (χ3n) is 3.64. The second kappa shape index (κ2) is 5.26. The van der Waals surface area contributed by atoms with E-state index in [4.69, 9.17) is 0 Å². The number of piperidine rings is 1. The van der Waals surface area contributed by atoms with E-state index in [9.17, 15) is 4.79 Å². The van der Waals surface area contributed by atoms with Crippen molar-refractivity contribution in [1.82, 2.24) is 5.32 Å². The second-order valence-electron chi connectivity index (χ2n) is 4.68. The number of hydrogen-bond donors (Lipinski definition) is 1. The van der Waals surface area contributed by atoms with Crippen LogP contribution in [0.1, 0.15) is 41.6 Å². The summed E-state index contributed by atoms with van der Waals surface area (Å²) in [5, 5.41) is 3.45. The van der Waals surface area contributed by atoms with E-state index in [1.807, 2.05) is 12.1 Å². The Morgan fingerprint density at radius 1 is 1.38 bits per heavy atom. The van der Waals surface area contributed by atoms with E-state index in [1.54, 1.807) is 0 Å². The van der Waals surface area contributed by atoms with Gasteiger partial charge in [-0.2, -0.15) is 0 Å². The van der Waals surface area contributed by atoms with Crippen molar-refractivity contribution in [2.45, 2.75) is 25.7 Å². The molecule has 1 aromatic carbocycles. The van der Waals surface area contributed by atoms with E-state index in [-0.39, 0.29) is 0 Å². The van der Waals surface area contributed by atoms with Crippen LogP contribution in [0, 0.1) is 5.92 Å². The molecule has 0 radical (unpaired) electrons. The van der Waals surface area contributed by atoms with Crippen molar-refractivity contribution >= 4 is 6.29 Å². The fourth-order valence-electron chi connectivity index (χ4n) is 2.46. The summed E-state index contributed by atoms with van der Waals surface area (Å²) in [6.07, 6.45) is 3.49. The minimum Gasteiger partial charge on any atom is -0.316 e. The molecule has 86 valence electrons. The smallest absolute Gasteiger partial charge is 0.150 e. The zero-order chi connectivity index (χ0) is 11.4. The summed E-state index contributed by atoms with van der Waals surface area (Å²) in [5.74, 6) is 1.31. The molecule has 2 unspecified atom stereocenters. The highest BCUT2D eigenvalue weighted by Crippen LogP contribution is 2.28. The maximum absolute atomic E-state index is 10.6. The van der Waals surface area contributed by atoms with E-state index in [1.165, 1.54) is 18.4 Å². The molecule has 2 nitrogen and oxygen atoms in total. The van der Waals surface area contributed by atoms with Gasteiger partial charge < -0.3 is 5.32 Å². The van der Waals surface area contributed by atoms with Crippen LogP contribution < -0.4 is 5.32 Å². The summed E-state index contributed by atoms with van der Waals surface area (Å²) >= 11 is 0. The highest BCUT2D eigenvalue weighted by molar-refractivity contribution is 5.74. The minimum atomic E-state index is 0.577. The van der Waals surface area contributed by atoms with Crippen LogP contribution in [0.25, 0.3) is 0 Å². The predicted octanol–water partition coefficient (Wildman–Crippen LogP) is 2.60. The molecule has 0 amide bonds. The Morgan fingerprint density at radius 2 is 2.12 bits per heavy atom. The van der Waals surface area contributed by atoms with E-state index in [0.29, 0.717) is 5.92 Å². The van der Waals surface area contributed by atoms with Gasteiger partial charge >= 0.3 is 0 Å². The number of hydrogen-bond acceptors (Lipinski definition) is 2. The van der Waals surface area contributed by atoms with Gasteiger partial charge in [0.1, 0.15) is 6.29 Å². The molecular formula is C14H19NO. The van der Waals surface area contributed by atoms with Crippen LogP contribution >= 0.6 is 0 Å². The van der Waals surface area contributed by atoms with E-state index in [0.717, 1.165) is 30.9 Å². The summed E-state index contributed by atoms with van der Waals surface area (Å²) in [6, 6.07) is 8.00. The molecule has 0 aliphatic carbocycles. The van der Waals surface area contributed by atoms with Crippen LogP contribution in [-0.2, 0) is 0 Å². The third-order valence-corrected chi connectivity index (χ3v) is 3.64. The van der Waals surface area contributed by atoms with Crippen LogP contribution in [0.2, 0.25) is 0 Å². The first-order valence-corrected chi connectivity index (χ1v) is 6.07. The van der Waals surface area contributed by atoms with Gasteiger partial charge in [0, 0.05) is 5.56 Å². The Balaban J connectivity index is 2.06. The molecule has 1 aliphatic rings. The molecule has 2 heteroatoms. The fraction of sp³-hybridized carbons (Fsp3) is 0.500. The molecule has 1 aliphatic heterocycles. The Hall–Kier alpha value is -1.15. The van der Waals surface area contributed by atoms with Crippen LogP contribution in [0.15, 0.2) is 24.3 Å². The summed E-state index contributed by atoms with van der Waals surface area (Å²) in [7, 11) is 0. The molecule has 1 heterocycles. The number of carbonyl (C=O) groups excluding carboxylic acids is 1. The summed E-state index contributed by atoms with van der Waals surface area (Å²) in [5.41, 5.74) is 2.11. The van der Waals surface area contributed by atoms with Gasteiger partial charge in [-0.15, -0.1) is 0 Å². The summed E-state index contributed by atoms with van der Waals surface area (Å²) in [6.45, 7) is 4.57. The van der Waals surface area contributed by atoms with Crippen molar-refractivity contribution in [2.24, 2.45) is 5.92 Å². The van der Waals surface area contributed by atoms with Gasteiger partial charge in [-0.25, -0.2) is 0 Å². The highest BCUT2D eigenvalue weighted by Gasteiger charge is 2.20. The predicted molar refractivity (Wildman–Crippen MR) is 65.8 cm³/mol. The lowest BCUT2D eigenvalue weighted by Gasteiger charge is -2.28. The molecule has 1 fully saturated rings. The van der Waals surface area contributed by atoms with Gasteiger partial charge in [0.05, 0.1) is 0 Å². The van der Waals surface area contributed by atoms with Crippen LogP contribution in [0.4, 0.5) is 0 Å². The van der Waals surface area contributed by atoms with Crippen molar-refractivity contribution in [2.75, 3.05) is 13.1 Å². The standard InChI is InChI=1S/C14H19NO/c1-11(14-3-2-8-15-9-14)13-6-4-12(10-16)5-7-13/h4-7,10-11,14-15H,2-3,8-9H2,1H3. The molecule has 16 heavy (non-hydrogen) atoms. The first-order chi connectivity index (χ1) is 7.81. The van der Waals surface area contributed by atoms with Gasteiger partial charge in [0.25, 0.3) is 0 Å². The number of nitrogens with one attached hydrogen (secondary N) is 1. The Morgan fingerprint density at radius 3 is 2.69 bits per heavy atom. The van der Waals surface area contributed by atoms with E-state index < -0.39 is 0 Å².